The number of carbonyl (C=O) groups excluding carboxylic acids is 1. The van der Waals surface area contributed by atoms with Gasteiger partial charge in [-0.3, -0.25) is 4.79 Å². The SMILES string of the molecule is C[C@H](NS(=O)(=O)c1ccccc1C(F)(F)F)C(=O)NCC(C)(C)c1cccc(Cl)c1. The van der Waals surface area contributed by atoms with E-state index in [0.717, 1.165) is 17.7 Å². The van der Waals surface area contributed by atoms with Crippen LogP contribution in [-0.2, 0) is 26.4 Å². The molecule has 0 aliphatic heterocycles. The number of halogens is 4. The van der Waals surface area contributed by atoms with E-state index in [9.17, 15) is 26.4 Å². The number of alkyl halides is 3. The summed E-state index contributed by atoms with van der Waals surface area (Å²) in [6, 6.07) is 9.60. The fourth-order valence-corrected chi connectivity index (χ4v) is 4.38. The van der Waals surface area contributed by atoms with Gasteiger partial charge in [0.05, 0.1) is 16.5 Å². The molecule has 0 radical (unpaired) electrons. The molecule has 0 saturated heterocycles. The van der Waals surface area contributed by atoms with Gasteiger partial charge in [0.1, 0.15) is 0 Å². The Bertz CT molecular complexity index is 1020. The topological polar surface area (TPSA) is 75.3 Å². The third kappa shape index (κ3) is 5.96. The predicted molar refractivity (Wildman–Crippen MR) is 109 cm³/mol. The first-order valence-electron chi connectivity index (χ1n) is 8.96. The molecule has 1 amide bonds. The van der Waals surface area contributed by atoms with Gasteiger partial charge in [0, 0.05) is 17.0 Å². The molecule has 0 bridgehead atoms. The minimum absolute atomic E-state index is 0.164. The van der Waals surface area contributed by atoms with Gasteiger partial charge in [-0.15, -0.1) is 0 Å². The summed E-state index contributed by atoms with van der Waals surface area (Å²) in [4.78, 5) is 11.5. The molecular formula is C20H22ClF3N2O3S. The Labute approximate surface area is 178 Å². The van der Waals surface area contributed by atoms with Crippen LogP contribution in [0.4, 0.5) is 13.2 Å². The molecule has 0 aliphatic rings. The number of carbonyl (C=O) groups is 1. The van der Waals surface area contributed by atoms with Gasteiger partial charge < -0.3 is 5.32 Å². The van der Waals surface area contributed by atoms with Gasteiger partial charge >= 0.3 is 6.18 Å². The van der Waals surface area contributed by atoms with E-state index < -0.39 is 44.0 Å². The molecule has 2 rings (SSSR count). The maximum absolute atomic E-state index is 13.1. The summed E-state index contributed by atoms with van der Waals surface area (Å²) in [5.41, 5.74) is -0.947. The van der Waals surface area contributed by atoms with Gasteiger partial charge in [-0.05, 0) is 36.8 Å². The Hall–Kier alpha value is -2.10. The maximum Gasteiger partial charge on any atom is 0.417 e. The summed E-state index contributed by atoms with van der Waals surface area (Å²) >= 11 is 6.00. The summed E-state index contributed by atoms with van der Waals surface area (Å²) in [6.07, 6.45) is -4.85. The van der Waals surface area contributed by atoms with Crippen molar-refractivity contribution in [3.8, 4) is 0 Å². The van der Waals surface area contributed by atoms with Crippen molar-refractivity contribution >= 4 is 27.5 Å². The zero-order valence-electron chi connectivity index (χ0n) is 16.5. The molecule has 30 heavy (non-hydrogen) atoms. The van der Waals surface area contributed by atoms with E-state index in [1.165, 1.54) is 13.0 Å². The molecule has 5 nitrogen and oxygen atoms in total. The molecule has 164 valence electrons. The summed E-state index contributed by atoms with van der Waals surface area (Å²) in [7, 11) is -4.58. The van der Waals surface area contributed by atoms with Crippen molar-refractivity contribution in [2.45, 2.75) is 43.3 Å². The third-order valence-corrected chi connectivity index (χ3v) is 6.35. The standard InChI is InChI=1S/C20H22ClF3N2O3S/c1-13(18(27)25-12-19(2,3)14-7-6-8-15(21)11-14)26-30(28,29)17-10-5-4-9-16(17)20(22,23)24/h4-11,13,26H,12H2,1-3H3,(H,25,27)/t13-/m0/s1. The minimum Gasteiger partial charge on any atom is -0.354 e. The van der Waals surface area contributed by atoms with Crippen LogP contribution in [0.15, 0.2) is 53.4 Å². The van der Waals surface area contributed by atoms with Crippen LogP contribution in [0.25, 0.3) is 0 Å². The molecule has 0 heterocycles. The van der Waals surface area contributed by atoms with Gasteiger partial charge in [0.15, 0.2) is 0 Å². The van der Waals surface area contributed by atoms with Crippen molar-refractivity contribution in [2.24, 2.45) is 0 Å². The second-order valence-corrected chi connectivity index (χ2v) is 9.57. The largest absolute Gasteiger partial charge is 0.417 e. The number of hydrogen-bond acceptors (Lipinski definition) is 3. The van der Waals surface area contributed by atoms with Gasteiger partial charge in [0.25, 0.3) is 0 Å². The summed E-state index contributed by atoms with van der Waals surface area (Å²) in [6.45, 7) is 5.16. The molecule has 1 atom stereocenters. The highest BCUT2D eigenvalue weighted by Gasteiger charge is 2.37. The first kappa shape index (κ1) is 24.2. The van der Waals surface area contributed by atoms with Crippen LogP contribution < -0.4 is 10.0 Å². The van der Waals surface area contributed by atoms with Crippen LogP contribution in [0.3, 0.4) is 0 Å². The first-order valence-corrected chi connectivity index (χ1v) is 10.8. The Kier molecular flexibility index (Phi) is 7.21. The van der Waals surface area contributed by atoms with Crippen LogP contribution in [0.5, 0.6) is 0 Å². The van der Waals surface area contributed by atoms with E-state index in [-0.39, 0.29) is 6.54 Å². The number of benzene rings is 2. The third-order valence-electron chi connectivity index (χ3n) is 4.52. The molecule has 2 aromatic rings. The smallest absolute Gasteiger partial charge is 0.354 e. The van der Waals surface area contributed by atoms with Gasteiger partial charge in [-0.25, -0.2) is 8.42 Å². The van der Waals surface area contributed by atoms with E-state index >= 15 is 0 Å². The highest BCUT2D eigenvalue weighted by atomic mass is 35.5. The first-order chi connectivity index (χ1) is 13.7. The van der Waals surface area contributed by atoms with E-state index in [4.69, 9.17) is 11.6 Å². The molecule has 0 aliphatic carbocycles. The molecule has 0 saturated carbocycles. The zero-order valence-corrected chi connectivity index (χ0v) is 18.1. The Morgan fingerprint density at radius 3 is 2.33 bits per heavy atom. The van der Waals surface area contributed by atoms with E-state index in [2.05, 4.69) is 5.32 Å². The van der Waals surface area contributed by atoms with Crippen molar-refractivity contribution in [2.75, 3.05) is 6.54 Å². The Morgan fingerprint density at radius 2 is 1.73 bits per heavy atom. The van der Waals surface area contributed by atoms with Crippen LogP contribution in [0.2, 0.25) is 5.02 Å². The van der Waals surface area contributed by atoms with E-state index in [1.54, 1.807) is 18.2 Å². The summed E-state index contributed by atoms with van der Waals surface area (Å²) < 4.78 is 66.4. The van der Waals surface area contributed by atoms with E-state index in [0.29, 0.717) is 11.1 Å². The van der Waals surface area contributed by atoms with Crippen LogP contribution in [0.1, 0.15) is 31.9 Å². The fourth-order valence-electron chi connectivity index (χ4n) is 2.76. The molecular weight excluding hydrogens is 441 g/mol. The number of rotatable bonds is 7. The second kappa shape index (κ2) is 8.95. The van der Waals surface area contributed by atoms with Crippen molar-refractivity contribution in [3.05, 3.63) is 64.7 Å². The van der Waals surface area contributed by atoms with Gasteiger partial charge in [-0.1, -0.05) is 49.7 Å². The minimum atomic E-state index is -4.85. The number of amides is 1. The van der Waals surface area contributed by atoms with Gasteiger partial charge in [-0.2, -0.15) is 17.9 Å². The normalized spacial score (nSPS) is 13.7. The van der Waals surface area contributed by atoms with Crippen LogP contribution in [0, 0.1) is 0 Å². The highest BCUT2D eigenvalue weighted by molar-refractivity contribution is 7.89. The molecule has 10 heteroatoms. The second-order valence-electron chi connectivity index (χ2n) is 7.45. The predicted octanol–water partition coefficient (Wildman–Crippen LogP) is 4.12. The Balaban J connectivity index is 2.11. The zero-order chi connectivity index (χ0) is 22.7. The number of sulfonamides is 1. The number of hydrogen-bond donors (Lipinski definition) is 2. The van der Waals surface area contributed by atoms with Crippen molar-refractivity contribution in [1.29, 1.82) is 0 Å². The summed E-state index contributed by atoms with van der Waals surface area (Å²) in [5, 5.41) is 3.17. The summed E-state index contributed by atoms with van der Waals surface area (Å²) in [5.74, 6) is -0.668. The molecule has 2 aromatic carbocycles. The monoisotopic (exact) mass is 462 g/mol. The lowest BCUT2D eigenvalue weighted by molar-refractivity contribution is -0.139. The van der Waals surface area contributed by atoms with E-state index in [1.807, 2.05) is 24.6 Å². The van der Waals surface area contributed by atoms with Crippen molar-refractivity contribution in [1.82, 2.24) is 10.0 Å². The molecule has 2 N–H and O–H groups in total. The maximum atomic E-state index is 13.1. The molecule has 0 fully saturated rings. The quantitative estimate of drug-likeness (QED) is 0.650. The van der Waals surface area contributed by atoms with Crippen LogP contribution >= 0.6 is 11.6 Å². The molecule has 0 spiro atoms. The lowest BCUT2D eigenvalue weighted by Gasteiger charge is -2.27. The molecule has 0 unspecified atom stereocenters. The van der Waals surface area contributed by atoms with Crippen molar-refractivity contribution < 1.29 is 26.4 Å². The fraction of sp³-hybridized carbons (Fsp3) is 0.350. The number of nitrogens with one attached hydrogen (secondary N) is 2. The lowest BCUT2D eigenvalue weighted by atomic mass is 9.84. The lowest BCUT2D eigenvalue weighted by Crippen LogP contribution is -2.47. The molecule has 0 aromatic heterocycles. The van der Waals surface area contributed by atoms with Crippen molar-refractivity contribution in [3.63, 3.8) is 0 Å². The highest BCUT2D eigenvalue weighted by Crippen LogP contribution is 2.34. The Morgan fingerprint density at radius 1 is 1.10 bits per heavy atom. The average Bonchev–Trinajstić information content (AvgIpc) is 2.65. The average molecular weight is 463 g/mol. The van der Waals surface area contributed by atoms with Crippen LogP contribution in [-0.4, -0.2) is 26.9 Å². The van der Waals surface area contributed by atoms with Gasteiger partial charge in [0.2, 0.25) is 15.9 Å².